The number of carbonyl (C=O) groups is 2. The Labute approximate surface area is 151 Å². The summed E-state index contributed by atoms with van der Waals surface area (Å²) in [5.74, 6) is 0. The van der Waals surface area contributed by atoms with Crippen molar-refractivity contribution in [1.29, 1.82) is 0 Å². The van der Waals surface area contributed by atoms with E-state index in [0.717, 1.165) is 11.1 Å². The third-order valence-corrected chi connectivity index (χ3v) is 3.60. The fourth-order valence-corrected chi connectivity index (χ4v) is 2.30. The van der Waals surface area contributed by atoms with Crippen LogP contribution in [0.2, 0.25) is 0 Å². The first-order valence-corrected chi connectivity index (χ1v) is 8.29. The fraction of sp³-hybridized carbons (Fsp3) is 0.263. The van der Waals surface area contributed by atoms with Gasteiger partial charge >= 0.3 is 12.2 Å². The third-order valence-electron chi connectivity index (χ3n) is 3.60. The summed E-state index contributed by atoms with van der Waals surface area (Å²) in [4.78, 5) is 22.2. The summed E-state index contributed by atoms with van der Waals surface area (Å²) >= 11 is 0. The van der Waals surface area contributed by atoms with Gasteiger partial charge in [0.05, 0.1) is 6.61 Å². The molecule has 2 aromatic carbocycles. The Hall–Kier alpha value is -3.06. The molecule has 0 aromatic heterocycles. The van der Waals surface area contributed by atoms with Crippen molar-refractivity contribution in [2.45, 2.75) is 19.3 Å². The number of rotatable bonds is 8. The Kier molecular flexibility index (Phi) is 7.45. The van der Waals surface area contributed by atoms with E-state index in [-0.39, 0.29) is 13.2 Å². The maximum Gasteiger partial charge on any atom is 0.411 e. The number of benzene rings is 2. The van der Waals surface area contributed by atoms with Gasteiger partial charge in [-0.1, -0.05) is 24.3 Å². The van der Waals surface area contributed by atoms with Gasteiger partial charge in [-0.05, 0) is 54.7 Å². The van der Waals surface area contributed by atoms with Gasteiger partial charge in [-0.2, -0.15) is 0 Å². The SMILES string of the molecule is O=C(O)Nc1ccc(Cc2ccc(NC(=O)OCCCCO)cc2)cc1. The van der Waals surface area contributed by atoms with E-state index in [9.17, 15) is 9.59 Å². The van der Waals surface area contributed by atoms with Gasteiger partial charge in [0.2, 0.25) is 0 Å². The number of unbranched alkanes of at least 4 members (excludes halogenated alkanes) is 1. The minimum absolute atomic E-state index is 0.0885. The molecule has 138 valence electrons. The Balaban J connectivity index is 1.83. The van der Waals surface area contributed by atoms with Crippen molar-refractivity contribution in [3.8, 4) is 0 Å². The molecule has 0 aliphatic carbocycles. The molecule has 7 nitrogen and oxygen atoms in total. The minimum atomic E-state index is -1.09. The number of anilines is 2. The van der Waals surface area contributed by atoms with Crippen LogP contribution in [0.4, 0.5) is 21.0 Å². The molecule has 0 saturated heterocycles. The summed E-state index contributed by atoms with van der Waals surface area (Å²) in [7, 11) is 0. The normalized spacial score (nSPS) is 10.2. The number of aliphatic hydroxyl groups is 1. The molecule has 2 aromatic rings. The van der Waals surface area contributed by atoms with Crippen LogP contribution in [0.1, 0.15) is 24.0 Å². The maximum atomic E-state index is 11.6. The first-order valence-electron chi connectivity index (χ1n) is 8.29. The summed E-state index contributed by atoms with van der Waals surface area (Å²) in [5, 5.41) is 22.3. The molecule has 0 unspecified atom stereocenters. The van der Waals surface area contributed by atoms with Gasteiger partial charge in [0.1, 0.15) is 0 Å². The molecule has 0 fully saturated rings. The number of ether oxygens (including phenoxy) is 1. The van der Waals surface area contributed by atoms with Crippen molar-refractivity contribution in [2.24, 2.45) is 0 Å². The molecule has 2 rings (SSSR count). The Morgan fingerprint density at radius 2 is 1.38 bits per heavy atom. The van der Waals surface area contributed by atoms with Gasteiger partial charge in [-0.15, -0.1) is 0 Å². The lowest BCUT2D eigenvalue weighted by Gasteiger charge is -2.08. The predicted molar refractivity (Wildman–Crippen MR) is 98.6 cm³/mol. The Bertz CT molecular complexity index is 714. The van der Waals surface area contributed by atoms with Crippen LogP contribution in [0.5, 0.6) is 0 Å². The van der Waals surface area contributed by atoms with E-state index < -0.39 is 12.2 Å². The maximum absolute atomic E-state index is 11.6. The lowest BCUT2D eigenvalue weighted by atomic mass is 10.0. The van der Waals surface area contributed by atoms with E-state index in [2.05, 4.69) is 10.6 Å². The zero-order chi connectivity index (χ0) is 18.8. The average molecular weight is 358 g/mol. The van der Waals surface area contributed by atoms with Crippen LogP contribution in [0.15, 0.2) is 48.5 Å². The van der Waals surface area contributed by atoms with Crippen molar-refractivity contribution in [3.63, 3.8) is 0 Å². The summed E-state index contributed by atoms with van der Waals surface area (Å²) in [5.41, 5.74) is 3.27. The van der Waals surface area contributed by atoms with Crippen molar-refractivity contribution >= 4 is 23.6 Å². The fourth-order valence-electron chi connectivity index (χ4n) is 2.30. The molecule has 0 bridgehead atoms. The number of hydrogen-bond donors (Lipinski definition) is 4. The molecule has 26 heavy (non-hydrogen) atoms. The minimum Gasteiger partial charge on any atom is -0.465 e. The van der Waals surface area contributed by atoms with Gasteiger partial charge in [-0.25, -0.2) is 9.59 Å². The largest absolute Gasteiger partial charge is 0.465 e. The second-order valence-corrected chi connectivity index (χ2v) is 5.69. The van der Waals surface area contributed by atoms with Crippen molar-refractivity contribution in [3.05, 3.63) is 59.7 Å². The highest BCUT2D eigenvalue weighted by atomic mass is 16.5. The van der Waals surface area contributed by atoms with Crippen LogP contribution in [0.3, 0.4) is 0 Å². The molecule has 0 radical (unpaired) electrons. The average Bonchev–Trinajstić information content (AvgIpc) is 2.62. The number of hydrogen-bond acceptors (Lipinski definition) is 4. The quantitative estimate of drug-likeness (QED) is 0.538. The topological polar surface area (TPSA) is 108 Å². The number of carboxylic acid groups (broad SMARTS) is 1. The lowest BCUT2D eigenvalue weighted by molar-refractivity contribution is 0.155. The van der Waals surface area contributed by atoms with Crippen LogP contribution in [-0.2, 0) is 11.2 Å². The van der Waals surface area contributed by atoms with Crippen LogP contribution in [0.25, 0.3) is 0 Å². The van der Waals surface area contributed by atoms with Gasteiger partial charge in [0, 0.05) is 18.0 Å². The third kappa shape index (κ3) is 6.82. The Morgan fingerprint density at radius 1 is 0.846 bits per heavy atom. The van der Waals surface area contributed by atoms with Crippen LogP contribution in [-0.4, -0.2) is 35.6 Å². The van der Waals surface area contributed by atoms with Crippen molar-refractivity contribution < 1.29 is 24.5 Å². The molecule has 7 heteroatoms. The predicted octanol–water partition coefficient (Wildman–Crippen LogP) is 3.69. The first kappa shape index (κ1) is 19.3. The van der Waals surface area contributed by atoms with E-state index in [1.54, 1.807) is 24.3 Å². The Morgan fingerprint density at radius 3 is 1.88 bits per heavy atom. The molecule has 0 atom stereocenters. The van der Waals surface area contributed by atoms with Gasteiger partial charge in [-0.3, -0.25) is 10.6 Å². The first-order chi connectivity index (χ1) is 12.6. The number of carbonyl (C=O) groups excluding carboxylic acids is 1. The van der Waals surface area contributed by atoms with Crippen LogP contribution >= 0.6 is 0 Å². The zero-order valence-corrected chi connectivity index (χ0v) is 14.3. The summed E-state index contributed by atoms with van der Waals surface area (Å²) in [6, 6.07) is 14.6. The summed E-state index contributed by atoms with van der Waals surface area (Å²) in [6.45, 7) is 0.364. The van der Waals surface area contributed by atoms with Crippen molar-refractivity contribution in [2.75, 3.05) is 23.8 Å². The van der Waals surface area contributed by atoms with Gasteiger partial charge in [0.15, 0.2) is 0 Å². The molecular formula is C19H22N2O5. The molecule has 0 aliphatic rings. The summed E-state index contributed by atoms with van der Waals surface area (Å²) < 4.78 is 5.00. The van der Waals surface area contributed by atoms with Gasteiger partial charge < -0.3 is 14.9 Å². The van der Waals surface area contributed by atoms with E-state index >= 15 is 0 Å². The second-order valence-electron chi connectivity index (χ2n) is 5.69. The molecule has 2 amide bonds. The van der Waals surface area contributed by atoms with E-state index in [1.165, 1.54) is 0 Å². The van der Waals surface area contributed by atoms with Crippen LogP contribution in [0, 0.1) is 0 Å². The lowest BCUT2D eigenvalue weighted by Crippen LogP contribution is -2.14. The molecule has 0 spiro atoms. The standard InChI is InChI=1S/C19H22N2O5/c22-11-1-2-12-26-19(25)21-17-9-5-15(6-10-17)13-14-3-7-16(8-4-14)20-18(23)24/h3-10,20,22H,1-2,11-13H2,(H,21,25)(H,23,24). The molecule has 4 N–H and O–H groups in total. The number of aliphatic hydroxyl groups excluding tert-OH is 1. The number of amides is 2. The molecule has 0 saturated carbocycles. The zero-order valence-electron chi connectivity index (χ0n) is 14.3. The smallest absolute Gasteiger partial charge is 0.411 e. The van der Waals surface area contributed by atoms with E-state index in [4.69, 9.17) is 14.9 Å². The highest BCUT2D eigenvalue weighted by Gasteiger charge is 2.04. The molecular weight excluding hydrogens is 336 g/mol. The molecule has 0 heterocycles. The van der Waals surface area contributed by atoms with Gasteiger partial charge in [0.25, 0.3) is 0 Å². The summed E-state index contributed by atoms with van der Waals surface area (Å²) in [6.07, 6.45) is 0.322. The van der Waals surface area contributed by atoms with E-state index in [1.807, 2.05) is 24.3 Å². The van der Waals surface area contributed by atoms with Crippen molar-refractivity contribution in [1.82, 2.24) is 0 Å². The number of nitrogens with one attached hydrogen (secondary N) is 2. The second kappa shape index (κ2) is 10.0. The highest BCUT2D eigenvalue weighted by Crippen LogP contribution is 2.16. The molecule has 0 aliphatic heterocycles. The monoisotopic (exact) mass is 358 g/mol. The van der Waals surface area contributed by atoms with E-state index in [0.29, 0.717) is 30.6 Å². The highest BCUT2D eigenvalue weighted by molar-refractivity contribution is 5.84. The van der Waals surface area contributed by atoms with Crippen LogP contribution < -0.4 is 10.6 Å².